The molecule has 1 aromatic heterocycles. The van der Waals surface area contributed by atoms with Crippen LogP contribution >= 0.6 is 15.9 Å². The summed E-state index contributed by atoms with van der Waals surface area (Å²) in [5, 5.41) is 3.36. The Bertz CT molecular complexity index is 632. The van der Waals surface area contributed by atoms with Crippen molar-refractivity contribution in [3.63, 3.8) is 0 Å². The largest absolute Gasteiger partial charge is 0.339 e. The van der Waals surface area contributed by atoms with E-state index in [9.17, 15) is 0 Å². The van der Waals surface area contributed by atoms with E-state index in [4.69, 9.17) is 4.98 Å². The fraction of sp³-hybridized carbons (Fsp3) is 0.412. The average molecular weight is 361 g/mol. The van der Waals surface area contributed by atoms with Gasteiger partial charge in [-0.2, -0.15) is 4.98 Å². The van der Waals surface area contributed by atoms with E-state index in [0.29, 0.717) is 6.04 Å². The van der Waals surface area contributed by atoms with Crippen molar-refractivity contribution < 1.29 is 0 Å². The third-order valence-electron chi connectivity index (χ3n) is 4.13. The zero-order valence-corrected chi connectivity index (χ0v) is 14.4. The van der Waals surface area contributed by atoms with Crippen LogP contribution < -0.4 is 10.2 Å². The highest BCUT2D eigenvalue weighted by Crippen LogP contribution is 2.27. The van der Waals surface area contributed by atoms with Crippen LogP contribution in [0.2, 0.25) is 0 Å². The van der Waals surface area contributed by atoms with Gasteiger partial charge in [0.15, 0.2) is 0 Å². The van der Waals surface area contributed by atoms with Crippen LogP contribution in [0.5, 0.6) is 0 Å². The van der Waals surface area contributed by atoms with Crippen molar-refractivity contribution in [1.29, 1.82) is 0 Å². The first kappa shape index (κ1) is 15.3. The first-order chi connectivity index (χ1) is 10.8. The highest BCUT2D eigenvalue weighted by molar-refractivity contribution is 9.10. The molecule has 1 N–H and O–H groups in total. The molecule has 0 spiro atoms. The van der Waals surface area contributed by atoms with Gasteiger partial charge in [-0.3, -0.25) is 0 Å². The topological polar surface area (TPSA) is 41.1 Å². The van der Waals surface area contributed by atoms with Gasteiger partial charge < -0.3 is 10.2 Å². The van der Waals surface area contributed by atoms with Crippen LogP contribution in [0.15, 0.2) is 41.0 Å². The van der Waals surface area contributed by atoms with Crippen LogP contribution in [0.25, 0.3) is 0 Å². The molecule has 3 rings (SSSR count). The van der Waals surface area contributed by atoms with E-state index < -0.39 is 0 Å². The molecule has 0 aliphatic carbocycles. The van der Waals surface area contributed by atoms with Gasteiger partial charge in [0.25, 0.3) is 0 Å². The number of aromatic nitrogens is 2. The number of benzene rings is 1. The molecule has 1 atom stereocenters. The summed E-state index contributed by atoms with van der Waals surface area (Å²) in [5.41, 5.74) is 1.01. The Labute approximate surface area is 140 Å². The second kappa shape index (κ2) is 7.09. The molecule has 0 bridgehead atoms. The Hall–Kier alpha value is -1.62. The van der Waals surface area contributed by atoms with E-state index >= 15 is 0 Å². The molecular formula is C17H21BrN4. The van der Waals surface area contributed by atoms with Gasteiger partial charge in [-0.25, -0.2) is 4.98 Å². The minimum absolute atomic E-state index is 0.562. The molecule has 2 heterocycles. The molecule has 0 radical (unpaired) electrons. The van der Waals surface area contributed by atoms with Gasteiger partial charge in [-0.05, 0) is 59.8 Å². The Kier molecular flexibility index (Phi) is 4.93. The first-order valence-electron chi connectivity index (χ1n) is 7.89. The first-order valence-corrected chi connectivity index (χ1v) is 8.68. The lowest BCUT2D eigenvalue weighted by Gasteiger charge is -2.35. The van der Waals surface area contributed by atoms with E-state index in [2.05, 4.69) is 38.1 Å². The number of anilines is 3. The average Bonchev–Trinajstić information content (AvgIpc) is 2.57. The van der Waals surface area contributed by atoms with Crippen molar-refractivity contribution in [2.45, 2.75) is 38.6 Å². The van der Waals surface area contributed by atoms with Gasteiger partial charge in [0.05, 0.1) is 5.69 Å². The molecular weight excluding hydrogens is 340 g/mol. The standard InChI is InChI=1S/C17H21BrN4/c1-2-13-7-5-6-12-22(13)17-19-11-10-16(21-17)20-15-9-4-3-8-14(15)18/h3-4,8-11,13H,2,5-7,12H2,1H3,(H,19,20,21). The second-order valence-corrected chi connectivity index (χ2v) is 6.45. The maximum absolute atomic E-state index is 4.71. The Morgan fingerprint density at radius 1 is 1.27 bits per heavy atom. The van der Waals surface area contributed by atoms with Gasteiger partial charge in [0, 0.05) is 23.3 Å². The maximum atomic E-state index is 4.71. The third kappa shape index (κ3) is 3.40. The minimum Gasteiger partial charge on any atom is -0.339 e. The number of para-hydroxylation sites is 1. The van der Waals surface area contributed by atoms with E-state index in [0.717, 1.165) is 34.9 Å². The van der Waals surface area contributed by atoms with Crippen molar-refractivity contribution in [1.82, 2.24) is 9.97 Å². The van der Waals surface area contributed by atoms with Crippen molar-refractivity contribution in [2.75, 3.05) is 16.8 Å². The van der Waals surface area contributed by atoms with Gasteiger partial charge in [-0.1, -0.05) is 19.1 Å². The monoisotopic (exact) mass is 360 g/mol. The van der Waals surface area contributed by atoms with E-state index in [-0.39, 0.29) is 0 Å². The van der Waals surface area contributed by atoms with Crippen LogP contribution in [-0.2, 0) is 0 Å². The lowest BCUT2D eigenvalue weighted by molar-refractivity contribution is 0.443. The van der Waals surface area contributed by atoms with Crippen molar-refractivity contribution in [2.24, 2.45) is 0 Å². The zero-order valence-electron chi connectivity index (χ0n) is 12.8. The van der Waals surface area contributed by atoms with Crippen molar-refractivity contribution in [3.05, 3.63) is 41.0 Å². The maximum Gasteiger partial charge on any atom is 0.227 e. The highest BCUT2D eigenvalue weighted by Gasteiger charge is 2.23. The van der Waals surface area contributed by atoms with Crippen LogP contribution in [0.1, 0.15) is 32.6 Å². The molecule has 1 aromatic carbocycles. The third-order valence-corrected chi connectivity index (χ3v) is 4.83. The minimum atomic E-state index is 0.562. The Balaban J connectivity index is 1.82. The van der Waals surface area contributed by atoms with Gasteiger partial charge in [0.2, 0.25) is 5.95 Å². The SMILES string of the molecule is CCC1CCCCN1c1nccc(Nc2ccccc2Br)n1. The summed E-state index contributed by atoms with van der Waals surface area (Å²) in [4.78, 5) is 11.6. The fourth-order valence-corrected chi connectivity index (χ4v) is 3.33. The van der Waals surface area contributed by atoms with Crippen molar-refractivity contribution in [3.8, 4) is 0 Å². The highest BCUT2D eigenvalue weighted by atomic mass is 79.9. The van der Waals surface area contributed by atoms with E-state index in [1.165, 1.54) is 19.3 Å². The molecule has 1 aliphatic rings. The lowest BCUT2D eigenvalue weighted by atomic mass is 10.0. The second-order valence-electron chi connectivity index (χ2n) is 5.60. The number of hydrogen-bond acceptors (Lipinski definition) is 4. The van der Waals surface area contributed by atoms with Crippen LogP contribution in [0.3, 0.4) is 0 Å². The molecule has 1 saturated heterocycles. The molecule has 4 nitrogen and oxygen atoms in total. The summed E-state index contributed by atoms with van der Waals surface area (Å²) < 4.78 is 1.03. The van der Waals surface area contributed by atoms with E-state index in [1.54, 1.807) is 0 Å². The number of nitrogens with one attached hydrogen (secondary N) is 1. The summed E-state index contributed by atoms with van der Waals surface area (Å²) >= 11 is 3.55. The predicted octanol–water partition coefficient (Wildman–Crippen LogP) is 4.75. The molecule has 1 aliphatic heterocycles. The lowest BCUT2D eigenvalue weighted by Crippen LogP contribution is -2.40. The zero-order chi connectivity index (χ0) is 15.4. The number of rotatable bonds is 4. The van der Waals surface area contributed by atoms with E-state index in [1.807, 2.05) is 36.5 Å². The number of hydrogen-bond donors (Lipinski definition) is 1. The van der Waals surface area contributed by atoms with Crippen LogP contribution in [-0.4, -0.2) is 22.6 Å². The molecule has 116 valence electrons. The van der Waals surface area contributed by atoms with Gasteiger partial charge >= 0.3 is 0 Å². The summed E-state index contributed by atoms with van der Waals surface area (Å²) in [6.07, 6.45) is 6.75. The molecule has 1 unspecified atom stereocenters. The number of nitrogens with zero attached hydrogens (tertiary/aromatic N) is 3. The summed E-state index contributed by atoms with van der Waals surface area (Å²) in [6.45, 7) is 3.29. The molecule has 0 saturated carbocycles. The van der Waals surface area contributed by atoms with Crippen LogP contribution in [0.4, 0.5) is 17.5 Å². The molecule has 22 heavy (non-hydrogen) atoms. The smallest absolute Gasteiger partial charge is 0.227 e. The number of piperidine rings is 1. The number of halogens is 1. The normalized spacial score (nSPS) is 18.3. The molecule has 2 aromatic rings. The Morgan fingerprint density at radius 3 is 2.95 bits per heavy atom. The summed E-state index contributed by atoms with van der Waals surface area (Å²) in [6, 6.07) is 10.5. The molecule has 0 amide bonds. The van der Waals surface area contributed by atoms with Gasteiger partial charge in [0.1, 0.15) is 5.82 Å². The summed E-state index contributed by atoms with van der Waals surface area (Å²) in [7, 11) is 0. The molecule has 1 fully saturated rings. The van der Waals surface area contributed by atoms with Gasteiger partial charge in [-0.15, -0.1) is 0 Å². The van der Waals surface area contributed by atoms with Crippen molar-refractivity contribution >= 4 is 33.4 Å². The summed E-state index contributed by atoms with van der Waals surface area (Å²) in [5.74, 6) is 1.67. The molecule has 5 heteroatoms. The predicted molar refractivity (Wildman–Crippen MR) is 94.7 cm³/mol. The Morgan fingerprint density at radius 2 is 2.14 bits per heavy atom. The van der Waals surface area contributed by atoms with Crippen LogP contribution in [0, 0.1) is 0 Å². The fourth-order valence-electron chi connectivity index (χ4n) is 2.95. The quantitative estimate of drug-likeness (QED) is 0.853.